The minimum absolute atomic E-state index is 0.0670. The molecule has 6 heteroatoms. The molecule has 0 saturated carbocycles. The molecule has 1 aromatic carbocycles. The Bertz CT molecular complexity index is 815. The molecule has 0 atom stereocenters. The van der Waals surface area contributed by atoms with Crippen molar-refractivity contribution in [1.29, 1.82) is 0 Å². The summed E-state index contributed by atoms with van der Waals surface area (Å²) in [5.41, 5.74) is 4.02. The number of rotatable bonds is 3. The van der Waals surface area contributed by atoms with Gasteiger partial charge in [-0.2, -0.15) is 0 Å². The molecule has 2 amide bonds. The van der Waals surface area contributed by atoms with Gasteiger partial charge >= 0.3 is 0 Å². The highest BCUT2D eigenvalue weighted by Crippen LogP contribution is 2.33. The lowest BCUT2D eigenvalue weighted by Crippen LogP contribution is -2.48. The Labute approximate surface area is 153 Å². The van der Waals surface area contributed by atoms with Gasteiger partial charge in [0.1, 0.15) is 5.69 Å². The summed E-state index contributed by atoms with van der Waals surface area (Å²) in [6.07, 6.45) is 4.73. The van der Waals surface area contributed by atoms with Gasteiger partial charge in [-0.25, -0.2) is 0 Å². The minimum Gasteiger partial charge on any atom is -0.342 e. The molecule has 2 aromatic rings. The normalized spacial score (nSPS) is 17.0. The molecule has 134 valence electrons. The Morgan fingerprint density at radius 1 is 1.04 bits per heavy atom. The van der Waals surface area contributed by atoms with E-state index in [1.54, 1.807) is 16.0 Å². The maximum Gasteiger partial charge on any atom is 0.272 e. The third-order valence-corrected chi connectivity index (χ3v) is 5.14. The van der Waals surface area contributed by atoms with Gasteiger partial charge in [0.25, 0.3) is 5.91 Å². The van der Waals surface area contributed by atoms with Crippen molar-refractivity contribution in [2.24, 2.45) is 0 Å². The van der Waals surface area contributed by atoms with Crippen LogP contribution in [0, 0.1) is 0 Å². The standard InChI is InChI=1S/C20H22N4O2/c25-15-22-10-12-23(13-11-22)20(26)18-14-17(7-8-21-18)24-9-3-5-16-4-1-2-6-19(16)24/h1-2,4,6-8,14-15H,3,5,9-13H2. The van der Waals surface area contributed by atoms with E-state index in [9.17, 15) is 9.59 Å². The number of amides is 2. The molecular formula is C20H22N4O2. The number of aryl methyl sites for hydroxylation is 1. The first-order chi connectivity index (χ1) is 12.8. The summed E-state index contributed by atoms with van der Waals surface area (Å²) in [7, 11) is 0. The van der Waals surface area contributed by atoms with Gasteiger partial charge < -0.3 is 14.7 Å². The number of nitrogens with zero attached hydrogens (tertiary/aromatic N) is 4. The van der Waals surface area contributed by atoms with E-state index >= 15 is 0 Å². The molecule has 1 fully saturated rings. The second-order valence-corrected chi connectivity index (χ2v) is 6.72. The molecule has 0 unspecified atom stereocenters. The zero-order valence-corrected chi connectivity index (χ0v) is 14.7. The van der Waals surface area contributed by atoms with Crippen LogP contribution in [0.25, 0.3) is 0 Å². The average Bonchev–Trinajstić information content (AvgIpc) is 2.73. The first kappa shape index (κ1) is 16.6. The Kier molecular flexibility index (Phi) is 4.56. The van der Waals surface area contributed by atoms with Crippen LogP contribution in [-0.4, -0.2) is 59.8 Å². The largest absolute Gasteiger partial charge is 0.342 e. The van der Waals surface area contributed by atoms with Crippen LogP contribution in [0.2, 0.25) is 0 Å². The highest BCUT2D eigenvalue weighted by Gasteiger charge is 2.24. The van der Waals surface area contributed by atoms with Gasteiger partial charge in [-0.3, -0.25) is 14.6 Å². The number of hydrogen-bond donors (Lipinski definition) is 0. The van der Waals surface area contributed by atoms with Crippen molar-refractivity contribution >= 4 is 23.7 Å². The first-order valence-electron chi connectivity index (χ1n) is 9.06. The van der Waals surface area contributed by atoms with Crippen LogP contribution in [0.4, 0.5) is 11.4 Å². The van der Waals surface area contributed by atoms with E-state index in [4.69, 9.17) is 0 Å². The van der Waals surface area contributed by atoms with Crippen LogP contribution >= 0.6 is 0 Å². The fourth-order valence-corrected chi connectivity index (χ4v) is 3.70. The molecule has 0 N–H and O–H groups in total. The van der Waals surface area contributed by atoms with E-state index in [1.165, 1.54) is 11.3 Å². The number of pyridine rings is 1. The van der Waals surface area contributed by atoms with E-state index in [1.807, 2.05) is 12.1 Å². The van der Waals surface area contributed by atoms with Gasteiger partial charge in [0, 0.05) is 50.3 Å². The number of benzene rings is 1. The minimum atomic E-state index is -0.0670. The fraction of sp³-hybridized carbons (Fsp3) is 0.350. The van der Waals surface area contributed by atoms with Crippen molar-refractivity contribution in [2.75, 3.05) is 37.6 Å². The highest BCUT2D eigenvalue weighted by molar-refractivity contribution is 5.93. The average molecular weight is 350 g/mol. The number of piperazine rings is 1. The van der Waals surface area contributed by atoms with E-state index < -0.39 is 0 Å². The Hall–Kier alpha value is -2.89. The van der Waals surface area contributed by atoms with E-state index in [0.29, 0.717) is 31.9 Å². The fourth-order valence-electron chi connectivity index (χ4n) is 3.70. The van der Waals surface area contributed by atoms with E-state index in [0.717, 1.165) is 31.5 Å². The molecule has 2 aliphatic rings. The number of carbonyl (C=O) groups is 2. The Morgan fingerprint density at radius 3 is 2.65 bits per heavy atom. The maximum atomic E-state index is 12.8. The molecule has 0 spiro atoms. The predicted octanol–water partition coefficient (Wildman–Crippen LogP) is 2.08. The molecule has 0 aliphatic carbocycles. The van der Waals surface area contributed by atoms with Crippen LogP contribution in [0.15, 0.2) is 42.6 Å². The van der Waals surface area contributed by atoms with Crippen molar-refractivity contribution in [3.05, 3.63) is 53.9 Å². The van der Waals surface area contributed by atoms with Crippen LogP contribution < -0.4 is 4.90 Å². The molecule has 1 saturated heterocycles. The monoisotopic (exact) mass is 350 g/mol. The lowest BCUT2D eigenvalue weighted by molar-refractivity contribution is -0.119. The highest BCUT2D eigenvalue weighted by atomic mass is 16.2. The molecule has 6 nitrogen and oxygen atoms in total. The first-order valence-corrected chi connectivity index (χ1v) is 9.06. The summed E-state index contributed by atoms with van der Waals surface area (Å²) in [5.74, 6) is -0.0670. The van der Waals surface area contributed by atoms with Crippen LogP contribution in [-0.2, 0) is 11.2 Å². The maximum absolute atomic E-state index is 12.8. The van der Waals surface area contributed by atoms with Gasteiger partial charge in [0.05, 0.1) is 0 Å². The van der Waals surface area contributed by atoms with Gasteiger partial charge in [0.15, 0.2) is 0 Å². The SMILES string of the molecule is O=CN1CCN(C(=O)c2cc(N3CCCc4ccccc43)ccn2)CC1. The topological polar surface area (TPSA) is 56.8 Å². The number of aromatic nitrogens is 1. The van der Waals surface area contributed by atoms with Crippen molar-refractivity contribution in [3.8, 4) is 0 Å². The molecule has 4 rings (SSSR count). The molecule has 3 heterocycles. The van der Waals surface area contributed by atoms with Gasteiger partial charge in [-0.05, 0) is 36.6 Å². The quantitative estimate of drug-likeness (QED) is 0.796. The van der Waals surface area contributed by atoms with Gasteiger partial charge in [-0.1, -0.05) is 18.2 Å². The lowest BCUT2D eigenvalue weighted by Gasteiger charge is -2.33. The van der Waals surface area contributed by atoms with E-state index in [2.05, 4.69) is 34.1 Å². The van der Waals surface area contributed by atoms with Crippen LogP contribution in [0.5, 0.6) is 0 Å². The second kappa shape index (κ2) is 7.15. The molecule has 1 aromatic heterocycles. The zero-order chi connectivity index (χ0) is 17.9. The number of fused-ring (bicyclic) bond motifs is 1. The molecule has 0 radical (unpaired) electrons. The van der Waals surface area contributed by atoms with Crippen molar-refractivity contribution < 1.29 is 9.59 Å². The smallest absolute Gasteiger partial charge is 0.272 e. The van der Waals surface area contributed by atoms with Crippen LogP contribution in [0.1, 0.15) is 22.5 Å². The van der Waals surface area contributed by atoms with Crippen molar-refractivity contribution in [1.82, 2.24) is 14.8 Å². The van der Waals surface area contributed by atoms with Crippen molar-refractivity contribution in [3.63, 3.8) is 0 Å². The molecule has 0 bridgehead atoms. The molecule has 2 aliphatic heterocycles. The number of hydrogen-bond acceptors (Lipinski definition) is 4. The molecule has 26 heavy (non-hydrogen) atoms. The summed E-state index contributed by atoms with van der Waals surface area (Å²) in [6, 6.07) is 12.3. The number of para-hydroxylation sites is 1. The van der Waals surface area contributed by atoms with Gasteiger partial charge in [-0.15, -0.1) is 0 Å². The summed E-state index contributed by atoms with van der Waals surface area (Å²) in [5, 5.41) is 0. The third kappa shape index (κ3) is 3.14. The van der Waals surface area contributed by atoms with E-state index in [-0.39, 0.29) is 5.91 Å². The summed E-state index contributed by atoms with van der Waals surface area (Å²) in [4.78, 5) is 33.7. The van der Waals surface area contributed by atoms with Crippen molar-refractivity contribution in [2.45, 2.75) is 12.8 Å². The number of carbonyl (C=O) groups excluding carboxylic acids is 2. The summed E-state index contributed by atoms with van der Waals surface area (Å²) in [6.45, 7) is 3.20. The number of anilines is 2. The summed E-state index contributed by atoms with van der Waals surface area (Å²) < 4.78 is 0. The lowest BCUT2D eigenvalue weighted by atomic mass is 10.0. The molecular weight excluding hydrogens is 328 g/mol. The zero-order valence-electron chi connectivity index (χ0n) is 14.7. The Balaban J connectivity index is 1.56. The predicted molar refractivity (Wildman–Crippen MR) is 99.5 cm³/mol. The second-order valence-electron chi connectivity index (χ2n) is 6.72. The summed E-state index contributed by atoms with van der Waals surface area (Å²) >= 11 is 0. The third-order valence-electron chi connectivity index (χ3n) is 5.14. The van der Waals surface area contributed by atoms with Gasteiger partial charge in [0.2, 0.25) is 6.41 Å². The van der Waals surface area contributed by atoms with Crippen LogP contribution in [0.3, 0.4) is 0 Å². The Morgan fingerprint density at radius 2 is 1.85 bits per heavy atom.